The van der Waals surface area contributed by atoms with E-state index in [-0.39, 0.29) is 18.1 Å². The van der Waals surface area contributed by atoms with Crippen LogP contribution in [0.1, 0.15) is 33.4 Å². The average Bonchev–Trinajstić information content (AvgIpc) is 3.15. The molecule has 0 amide bonds. The molecule has 0 aliphatic carbocycles. The third-order valence-electron chi connectivity index (χ3n) is 6.25. The lowest BCUT2D eigenvalue weighted by Crippen LogP contribution is -2.67. The minimum absolute atomic E-state index is 0.184. The molecule has 1 unspecified atom stereocenters. The van der Waals surface area contributed by atoms with E-state index in [0.29, 0.717) is 0 Å². The first-order valence-corrected chi connectivity index (χ1v) is 13.0. The zero-order chi connectivity index (χ0) is 23.6. The maximum atomic E-state index is 12.2. The molecule has 7 nitrogen and oxygen atoms in total. The predicted molar refractivity (Wildman–Crippen MR) is 129 cm³/mol. The maximum Gasteiger partial charge on any atom is 0.330 e. The Morgan fingerprint density at radius 2 is 1.61 bits per heavy atom. The molecular formula is C25H30N2O5Si. The summed E-state index contributed by atoms with van der Waals surface area (Å²) in [7, 11) is -2.77. The van der Waals surface area contributed by atoms with Crippen LogP contribution in [0.4, 0.5) is 0 Å². The zero-order valence-electron chi connectivity index (χ0n) is 19.1. The van der Waals surface area contributed by atoms with E-state index in [0.717, 1.165) is 10.4 Å². The Balaban J connectivity index is 1.65. The van der Waals surface area contributed by atoms with Gasteiger partial charge in [-0.1, -0.05) is 81.4 Å². The van der Waals surface area contributed by atoms with Crippen LogP contribution in [0.2, 0.25) is 5.04 Å². The number of nitrogens with one attached hydrogen (secondary N) is 1. The van der Waals surface area contributed by atoms with Gasteiger partial charge in [0.2, 0.25) is 0 Å². The first-order valence-electron chi connectivity index (χ1n) is 11.1. The number of nitrogens with zero attached hydrogens (tertiary/aromatic N) is 1. The van der Waals surface area contributed by atoms with Crippen LogP contribution in [0, 0.1) is 0 Å². The van der Waals surface area contributed by atoms with Crippen molar-refractivity contribution in [3.63, 3.8) is 0 Å². The Labute approximate surface area is 193 Å². The second-order valence-corrected chi connectivity index (χ2v) is 13.7. The van der Waals surface area contributed by atoms with Crippen molar-refractivity contribution in [2.75, 3.05) is 6.61 Å². The van der Waals surface area contributed by atoms with Crippen LogP contribution in [0.3, 0.4) is 0 Å². The van der Waals surface area contributed by atoms with Crippen LogP contribution in [0.15, 0.2) is 82.5 Å². The Bertz CT molecular complexity index is 1150. The minimum Gasteiger partial charge on any atom is -0.405 e. The number of aromatic amines is 1. The highest BCUT2D eigenvalue weighted by atomic mass is 28.4. The van der Waals surface area contributed by atoms with Crippen molar-refractivity contribution in [1.29, 1.82) is 0 Å². The van der Waals surface area contributed by atoms with Gasteiger partial charge < -0.3 is 14.3 Å². The topological polar surface area (TPSA) is 93.5 Å². The van der Waals surface area contributed by atoms with E-state index in [1.807, 2.05) is 36.4 Å². The number of benzene rings is 2. The number of H-pyrrole nitrogens is 1. The van der Waals surface area contributed by atoms with Gasteiger partial charge in [0, 0.05) is 18.7 Å². The summed E-state index contributed by atoms with van der Waals surface area (Å²) >= 11 is 0. The molecule has 3 atom stereocenters. The van der Waals surface area contributed by atoms with Gasteiger partial charge in [0.15, 0.2) is 0 Å². The first-order chi connectivity index (χ1) is 15.7. The third-order valence-corrected chi connectivity index (χ3v) is 11.3. The summed E-state index contributed by atoms with van der Waals surface area (Å²) in [5.74, 6) is 0. The van der Waals surface area contributed by atoms with E-state index in [2.05, 4.69) is 50.0 Å². The van der Waals surface area contributed by atoms with Gasteiger partial charge in [-0.3, -0.25) is 14.3 Å². The Morgan fingerprint density at radius 1 is 1.03 bits per heavy atom. The summed E-state index contributed by atoms with van der Waals surface area (Å²) in [4.78, 5) is 25.8. The van der Waals surface area contributed by atoms with Gasteiger partial charge in [-0.05, 0) is 15.4 Å². The number of aliphatic hydroxyl groups excluding tert-OH is 1. The van der Waals surface area contributed by atoms with Gasteiger partial charge >= 0.3 is 5.69 Å². The molecule has 1 aliphatic heterocycles. The molecule has 0 radical (unpaired) electrons. The zero-order valence-corrected chi connectivity index (χ0v) is 20.1. The maximum absolute atomic E-state index is 12.2. The molecule has 1 aromatic heterocycles. The normalized spacial score (nSPS) is 21.3. The van der Waals surface area contributed by atoms with Crippen molar-refractivity contribution in [2.24, 2.45) is 0 Å². The number of aliphatic hydroxyl groups is 1. The van der Waals surface area contributed by atoms with Crippen LogP contribution < -0.4 is 21.6 Å². The van der Waals surface area contributed by atoms with E-state index in [1.54, 1.807) is 0 Å². The van der Waals surface area contributed by atoms with Gasteiger partial charge in [0.25, 0.3) is 13.9 Å². The van der Waals surface area contributed by atoms with Crippen LogP contribution in [0.25, 0.3) is 0 Å². The van der Waals surface area contributed by atoms with Crippen molar-refractivity contribution in [1.82, 2.24) is 9.55 Å². The number of hydrogen-bond donors (Lipinski definition) is 2. The van der Waals surface area contributed by atoms with Crippen molar-refractivity contribution in [3.8, 4) is 0 Å². The monoisotopic (exact) mass is 466 g/mol. The van der Waals surface area contributed by atoms with Gasteiger partial charge in [-0.25, -0.2) is 4.79 Å². The standard InChI is InChI=1S/C25H30N2O5Si/c1-25(2,3)33(18-10-6-4-7-11-18,19-12-8-5-9-13-19)31-17-21-20(28)16-23(32-21)27-15-14-22(29)26-24(27)30/h4-15,20-21,23,28H,16-17H2,1-3H3,(H,26,29,30)/t20?,21-,23-/m0/s1. The molecule has 2 N–H and O–H groups in total. The molecule has 2 aromatic carbocycles. The first kappa shape index (κ1) is 23.4. The molecule has 8 heteroatoms. The molecule has 0 saturated carbocycles. The lowest BCUT2D eigenvalue weighted by Gasteiger charge is -2.43. The lowest BCUT2D eigenvalue weighted by atomic mass is 10.2. The summed E-state index contributed by atoms with van der Waals surface area (Å²) in [5, 5.41) is 12.8. The average molecular weight is 467 g/mol. The van der Waals surface area contributed by atoms with Crippen LogP contribution in [-0.4, -0.2) is 41.8 Å². The van der Waals surface area contributed by atoms with Crippen molar-refractivity contribution in [2.45, 2.75) is 50.7 Å². The third kappa shape index (κ3) is 4.52. The molecule has 1 fully saturated rings. The van der Waals surface area contributed by atoms with Crippen molar-refractivity contribution < 1.29 is 14.3 Å². The lowest BCUT2D eigenvalue weighted by molar-refractivity contribution is -0.0426. The fourth-order valence-corrected chi connectivity index (χ4v) is 9.23. The minimum atomic E-state index is -2.77. The molecule has 1 aliphatic rings. The van der Waals surface area contributed by atoms with Gasteiger partial charge in [0.1, 0.15) is 12.3 Å². The van der Waals surface area contributed by atoms with Crippen molar-refractivity contribution >= 4 is 18.7 Å². The number of ether oxygens (including phenoxy) is 1. The van der Waals surface area contributed by atoms with E-state index < -0.39 is 38.0 Å². The fourth-order valence-electron chi connectivity index (χ4n) is 4.66. The molecule has 174 valence electrons. The molecule has 0 spiro atoms. The molecule has 3 aromatic rings. The van der Waals surface area contributed by atoms with E-state index >= 15 is 0 Å². The smallest absolute Gasteiger partial charge is 0.330 e. The van der Waals surface area contributed by atoms with E-state index in [1.165, 1.54) is 16.8 Å². The molecule has 2 heterocycles. The molecule has 0 bridgehead atoms. The second-order valence-electron chi connectivity index (χ2n) is 9.42. The van der Waals surface area contributed by atoms with Crippen LogP contribution in [0.5, 0.6) is 0 Å². The Morgan fingerprint density at radius 3 is 2.12 bits per heavy atom. The summed E-state index contributed by atoms with van der Waals surface area (Å²) in [6.45, 7) is 6.75. The largest absolute Gasteiger partial charge is 0.405 e. The summed E-state index contributed by atoms with van der Waals surface area (Å²) in [6, 6.07) is 21.8. The number of aromatic nitrogens is 2. The Kier molecular flexibility index (Phi) is 6.53. The van der Waals surface area contributed by atoms with Crippen LogP contribution in [-0.2, 0) is 9.16 Å². The van der Waals surface area contributed by atoms with E-state index in [9.17, 15) is 14.7 Å². The highest BCUT2D eigenvalue weighted by Crippen LogP contribution is 2.38. The Hall–Kier alpha value is -2.78. The van der Waals surface area contributed by atoms with E-state index in [4.69, 9.17) is 9.16 Å². The quantitative estimate of drug-likeness (QED) is 0.540. The summed E-state index contributed by atoms with van der Waals surface area (Å²) in [6.07, 6.45) is -0.440. The predicted octanol–water partition coefficient (Wildman–Crippen LogP) is 1.76. The second kappa shape index (κ2) is 9.22. The van der Waals surface area contributed by atoms with Gasteiger partial charge in [-0.2, -0.15) is 0 Å². The number of hydrogen-bond acceptors (Lipinski definition) is 5. The van der Waals surface area contributed by atoms with Gasteiger partial charge in [-0.15, -0.1) is 0 Å². The molecule has 4 rings (SSSR count). The number of rotatable bonds is 6. The molecule has 1 saturated heterocycles. The molecular weight excluding hydrogens is 436 g/mol. The van der Waals surface area contributed by atoms with Crippen molar-refractivity contribution in [3.05, 3.63) is 93.8 Å². The SMILES string of the molecule is CC(C)(C)[Si](OC[C@@H]1O[C@H](n2ccc(=O)[nH]c2=O)CC1O)(c1ccccc1)c1ccccc1. The molecule has 33 heavy (non-hydrogen) atoms. The van der Waals surface area contributed by atoms with Crippen LogP contribution >= 0.6 is 0 Å². The van der Waals surface area contributed by atoms with Gasteiger partial charge in [0.05, 0.1) is 12.7 Å². The summed E-state index contributed by atoms with van der Waals surface area (Å²) in [5.41, 5.74) is -1.03. The highest BCUT2D eigenvalue weighted by molar-refractivity contribution is 6.99. The highest BCUT2D eigenvalue weighted by Gasteiger charge is 2.51. The fraction of sp³-hybridized carbons (Fsp3) is 0.360. The summed E-state index contributed by atoms with van der Waals surface area (Å²) < 4.78 is 14.2.